The van der Waals surface area contributed by atoms with Gasteiger partial charge in [-0.2, -0.15) is 0 Å². The molecule has 1 aliphatic rings. The van der Waals surface area contributed by atoms with E-state index in [9.17, 15) is 4.79 Å². The molecule has 0 aliphatic carbocycles. The maximum Gasteiger partial charge on any atom is 0.240 e. The van der Waals surface area contributed by atoms with E-state index < -0.39 is 5.25 Å². The number of nitrogens with zero attached hydrogens (tertiary/aromatic N) is 3. The Morgan fingerprint density at radius 2 is 2.03 bits per heavy atom. The van der Waals surface area contributed by atoms with Gasteiger partial charge >= 0.3 is 0 Å². The van der Waals surface area contributed by atoms with Gasteiger partial charge in [0.1, 0.15) is 16.8 Å². The lowest BCUT2D eigenvalue weighted by Gasteiger charge is -2.33. The summed E-state index contributed by atoms with van der Waals surface area (Å²) in [6, 6.07) is 11.1. The fraction of sp³-hybridized carbons (Fsp3) is 0.286. The molecule has 2 N–H and O–H groups in total. The van der Waals surface area contributed by atoms with Gasteiger partial charge in [0.15, 0.2) is 0 Å². The van der Waals surface area contributed by atoms with Crippen LogP contribution in [0.15, 0.2) is 41.6 Å². The van der Waals surface area contributed by atoms with E-state index in [1.54, 1.807) is 17.9 Å². The number of aryl methyl sites for hydroxylation is 2. The van der Waals surface area contributed by atoms with Gasteiger partial charge in [-0.25, -0.2) is 4.68 Å². The number of carbonyl (C=O) groups excluding carboxylic acids is 1. The molecule has 4 rings (SSSR count). The van der Waals surface area contributed by atoms with Crippen LogP contribution >= 0.6 is 23.4 Å². The highest BCUT2D eigenvalue weighted by Gasteiger charge is 2.37. The third kappa shape index (κ3) is 3.73. The lowest BCUT2D eigenvalue weighted by Crippen LogP contribution is -2.41. The molecule has 2 heterocycles. The number of halogens is 1. The molecule has 2 aromatic carbocycles. The van der Waals surface area contributed by atoms with Crippen LogP contribution in [0.5, 0.6) is 5.75 Å². The maximum absolute atomic E-state index is 13.4. The molecule has 1 amide bonds. The van der Waals surface area contributed by atoms with E-state index in [-0.39, 0.29) is 11.9 Å². The molecular formula is C21H22ClN5O2S. The molecule has 0 spiro atoms. The van der Waals surface area contributed by atoms with Crippen molar-refractivity contribution in [3.63, 3.8) is 0 Å². The van der Waals surface area contributed by atoms with Gasteiger partial charge in [-0.3, -0.25) is 4.79 Å². The van der Waals surface area contributed by atoms with Crippen molar-refractivity contribution in [2.45, 2.75) is 37.2 Å². The average Bonchev–Trinajstić information content (AvgIpc) is 3.10. The molecule has 0 bridgehead atoms. The van der Waals surface area contributed by atoms with Crippen molar-refractivity contribution in [3.05, 3.63) is 63.9 Å². The van der Waals surface area contributed by atoms with Crippen LogP contribution in [-0.4, -0.2) is 33.1 Å². The third-order valence-electron chi connectivity index (χ3n) is 5.25. The molecule has 7 nitrogen and oxygen atoms in total. The first-order valence-electron chi connectivity index (χ1n) is 9.44. The van der Waals surface area contributed by atoms with Gasteiger partial charge in [0.2, 0.25) is 11.1 Å². The molecule has 9 heteroatoms. The number of thioether (sulfide) groups is 1. The number of nitrogens with one attached hydrogen (secondary N) is 2. The van der Waals surface area contributed by atoms with E-state index in [1.165, 1.54) is 11.8 Å². The number of hydrogen-bond donors (Lipinski definition) is 2. The monoisotopic (exact) mass is 443 g/mol. The van der Waals surface area contributed by atoms with E-state index in [1.807, 2.05) is 51.1 Å². The number of aromatic nitrogens is 3. The number of rotatable bonds is 4. The van der Waals surface area contributed by atoms with Crippen molar-refractivity contribution >= 4 is 35.0 Å². The fourth-order valence-corrected chi connectivity index (χ4v) is 4.77. The summed E-state index contributed by atoms with van der Waals surface area (Å²) < 4.78 is 7.07. The van der Waals surface area contributed by atoms with Crippen LogP contribution in [-0.2, 0) is 4.79 Å². The molecule has 0 fully saturated rings. The number of carbonyl (C=O) groups is 1. The maximum atomic E-state index is 13.4. The molecule has 1 aliphatic heterocycles. The molecule has 0 saturated carbocycles. The topological polar surface area (TPSA) is 81.1 Å². The first-order valence-corrected chi connectivity index (χ1v) is 10.7. The Balaban J connectivity index is 1.70. The number of amides is 1. The van der Waals surface area contributed by atoms with Gasteiger partial charge in [-0.15, -0.1) is 10.2 Å². The van der Waals surface area contributed by atoms with Crippen molar-refractivity contribution < 1.29 is 9.53 Å². The molecule has 1 aromatic heterocycles. The minimum absolute atomic E-state index is 0.120. The van der Waals surface area contributed by atoms with Crippen LogP contribution in [0.2, 0.25) is 5.02 Å². The number of ether oxygens (including phenoxy) is 1. The molecule has 0 saturated heterocycles. The van der Waals surface area contributed by atoms with Crippen LogP contribution < -0.4 is 15.5 Å². The average molecular weight is 444 g/mol. The van der Waals surface area contributed by atoms with E-state index in [2.05, 4.69) is 20.9 Å². The Labute approximate surface area is 184 Å². The summed E-state index contributed by atoms with van der Waals surface area (Å²) in [5.41, 5.74) is 7.21. The fourth-order valence-electron chi connectivity index (χ4n) is 3.38. The number of anilines is 1. The summed E-state index contributed by atoms with van der Waals surface area (Å²) in [7, 11) is 1.57. The zero-order valence-corrected chi connectivity index (χ0v) is 18.6. The van der Waals surface area contributed by atoms with Crippen molar-refractivity contribution in [1.29, 1.82) is 0 Å². The van der Waals surface area contributed by atoms with Gasteiger partial charge in [0.25, 0.3) is 0 Å². The van der Waals surface area contributed by atoms with Crippen LogP contribution in [0.3, 0.4) is 0 Å². The SMILES string of the molecule is COc1ccc([C@@H]2Nn3c(C)nnc3S[C@H]2C(=O)Nc2cccc(C)c2C)cc1Cl. The Hall–Kier alpha value is -2.71. The van der Waals surface area contributed by atoms with Crippen molar-refractivity contribution in [1.82, 2.24) is 14.9 Å². The standard InChI is InChI=1S/C21H22ClN5O2S/c1-11-6-5-7-16(12(11)2)23-20(28)19-18(14-8-9-17(29-4)15(22)10-14)26-27-13(3)24-25-21(27)30-19/h5-10,18-19,26H,1-4H3,(H,23,28)/t18-,19+/m0/s1. The minimum atomic E-state index is -0.481. The number of benzene rings is 2. The van der Waals surface area contributed by atoms with Gasteiger partial charge in [-0.05, 0) is 55.7 Å². The Bertz CT molecular complexity index is 1120. The largest absolute Gasteiger partial charge is 0.495 e. The normalized spacial score (nSPS) is 17.8. The lowest BCUT2D eigenvalue weighted by atomic mass is 10.0. The van der Waals surface area contributed by atoms with E-state index in [0.717, 1.165) is 28.2 Å². The van der Waals surface area contributed by atoms with Gasteiger partial charge in [0, 0.05) is 5.69 Å². The van der Waals surface area contributed by atoms with Gasteiger partial charge in [0.05, 0.1) is 18.2 Å². The van der Waals surface area contributed by atoms with Gasteiger partial charge in [-0.1, -0.05) is 41.6 Å². The van der Waals surface area contributed by atoms with Crippen molar-refractivity contribution in [3.8, 4) is 5.75 Å². The Morgan fingerprint density at radius 3 is 2.77 bits per heavy atom. The molecule has 0 radical (unpaired) electrons. The number of hydrogen-bond acceptors (Lipinski definition) is 6. The highest BCUT2D eigenvalue weighted by molar-refractivity contribution is 8.00. The summed E-state index contributed by atoms with van der Waals surface area (Å²) in [5.74, 6) is 1.18. The predicted molar refractivity (Wildman–Crippen MR) is 119 cm³/mol. The van der Waals surface area contributed by atoms with Crippen molar-refractivity contribution in [2.75, 3.05) is 17.9 Å². The molecule has 2 atom stereocenters. The van der Waals surface area contributed by atoms with E-state index >= 15 is 0 Å². The Kier molecular flexibility index (Phi) is 5.62. The highest BCUT2D eigenvalue weighted by Crippen LogP contribution is 2.39. The van der Waals surface area contributed by atoms with Crippen molar-refractivity contribution in [2.24, 2.45) is 0 Å². The first-order chi connectivity index (χ1) is 14.4. The van der Waals surface area contributed by atoms with E-state index in [4.69, 9.17) is 16.3 Å². The molecule has 3 aromatic rings. The molecule has 30 heavy (non-hydrogen) atoms. The quantitative estimate of drug-likeness (QED) is 0.627. The summed E-state index contributed by atoms with van der Waals surface area (Å²) >= 11 is 7.74. The Morgan fingerprint density at radius 1 is 1.23 bits per heavy atom. The summed E-state index contributed by atoms with van der Waals surface area (Å²) in [6.45, 7) is 5.88. The second-order valence-corrected chi connectivity index (χ2v) is 8.66. The predicted octanol–water partition coefficient (Wildman–Crippen LogP) is 4.26. The van der Waals surface area contributed by atoms with Gasteiger partial charge < -0.3 is 15.5 Å². The van der Waals surface area contributed by atoms with E-state index in [0.29, 0.717) is 15.9 Å². The minimum Gasteiger partial charge on any atom is -0.495 e. The summed E-state index contributed by atoms with van der Waals surface area (Å²) in [5, 5.41) is 12.0. The molecule has 0 unspecified atom stereocenters. The third-order valence-corrected chi connectivity index (χ3v) is 6.76. The summed E-state index contributed by atoms with van der Waals surface area (Å²) in [4.78, 5) is 13.4. The second-order valence-electron chi connectivity index (χ2n) is 7.14. The van der Waals surface area contributed by atoms with Crippen LogP contribution in [0.4, 0.5) is 5.69 Å². The first kappa shape index (κ1) is 20.6. The lowest BCUT2D eigenvalue weighted by molar-refractivity contribution is -0.116. The number of fused-ring (bicyclic) bond motifs is 1. The zero-order valence-electron chi connectivity index (χ0n) is 17.1. The molecule has 156 valence electrons. The molecular weight excluding hydrogens is 422 g/mol. The smallest absolute Gasteiger partial charge is 0.240 e. The zero-order chi connectivity index (χ0) is 21.4. The van der Waals surface area contributed by atoms with Crippen LogP contribution in [0.1, 0.15) is 28.6 Å². The van der Waals surface area contributed by atoms with Crippen LogP contribution in [0, 0.1) is 20.8 Å². The highest BCUT2D eigenvalue weighted by atomic mass is 35.5. The number of methoxy groups -OCH3 is 1. The van der Waals surface area contributed by atoms with Crippen LogP contribution in [0.25, 0.3) is 0 Å². The summed E-state index contributed by atoms with van der Waals surface area (Å²) in [6.07, 6.45) is 0. The second kappa shape index (κ2) is 8.20.